The highest BCUT2D eigenvalue weighted by Crippen LogP contribution is 2.40. The SMILES string of the molecule is Cc1nc(Nc2ccc3c(c2)OC(F)(F)C(=O)N3C)nc2c1ncn2CC1CC1. The number of anilines is 3. The van der Waals surface area contributed by atoms with Gasteiger partial charge in [0.15, 0.2) is 11.4 Å². The summed E-state index contributed by atoms with van der Waals surface area (Å²) in [6, 6.07) is 4.59. The van der Waals surface area contributed by atoms with Gasteiger partial charge in [-0.1, -0.05) is 0 Å². The molecule has 1 aliphatic heterocycles. The van der Waals surface area contributed by atoms with E-state index in [9.17, 15) is 13.6 Å². The maximum absolute atomic E-state index is 13.8. The predicted molar refractivity (Wildman–Crippen MR) is 101 cm³/mol. The van der Waals surface area contributed by atoms with E-state index in [1.165, 1.54) is 32.0 Å². The number of fused-ring (bicyclic) bond motifs is 2. The molecule has 0 atom stereocenters. The van der Waals surface area contributed by atoms with Crippen LogP contribution in [-0.4, -0.2) is 38.6 Å². The number of alkyl halides is 2. The number of ether oxygens (including phenoxy) is 1. The van der Waals surface area contributed by atoms with E-state index in [0.29, 0.717) is 17.6 Å². The molecule has 0 radical (unpaired) electrons. The number of carbonyl (C=O) groups excluding carboxylic acids is 1. The summed E-state index contributed by atoms with van der Waals surface area (Å²) in [7, 11) is 1.28. The molecule has 1 amide bonds. The maximum atomic E-state index is 13.8. The van der Waals surface area contributed by atoms with Crippen molar-refractivity contribution >= 4 is 34.4 Å². The van der Waals surface area contributed by atoms with Crippen LogP contribution in [0.25, 0.3) is 11.2 Å². The Morgan fingerprint density at radius 1 is 1.31 bits per heavy atom. The minimum absolute atomic E-state index is 0.0984. The predicted octanol–water partition coefficient (Wildman–Crippen LogP) is 3.24. The van der Waals surface area contributed by atoms with Gasteiger partial charge in [0.2, 0.25) is 5.95 Å². The van der Waals surface area contributed by atoms with Crippen LogP contribution in [0.4, 0.5) is 26.1 Å². The highest BCUT2D eigenvalue weighted by atomic mass is 19.3. The molecule has 1 aromatic carbocycles. The molecule has 0 saturated heterocycles. The molecule has 3 heterocycles. The smallest absolute Gasteiger partial charge is 0.423 e. The number of halogens is 2. The minimum Gasteiger partial charge on any atom is -0.423 e. The molecule has 5 rings (SSSR count). The Morgan fingerprint density at radius 3 is 2.86 bits per heavy atom. The number of nitrogens with one attached hydrogen (secondary N) is 1. The topological polar surface area (TPSA) is 85.2 Å². The number of benzene rings is 1. The first-order valence-electron chi connectivity index (χ1n) is 9.27. The van der Waals surface area contributed by atoms with E-state index in [1.807, 2.05) is 11.5 Å². The zero-order valence-electron chi connectivity index (χ0n) is 15.8. The van der Waals surface area contributed by atoms with Gasteiger partial charge in [0.05, 0.1) is 17.7 Å². The summed E-state index contributed by atoms with van der Waals surface area (Å²) in [4.78, 5) is 25.9. The summed E-state index contributed by atoms with van der Waals surface area (Å²) < 4.78 is 34.2. The van der Waals surface area contributed by atoms with Crippen molar-refractivity contribution < 1.29 is 18.3 Å². The Bertz CT molecular complexity index is 1140. The van der Waals surface area contributed by atoms with Crippen LogP contribution in [0.1, 0.15) is 18.5 Å². The molecule has 0 bridgehead atoms. The van der Waals surface area contributed by atoms with Gasteiger partial charge >= 0.3 is 12.0 Å². The van der Waals surface area contributed by atoms with E-state index in [2.05, 4.69) is 25.0 Å². The van der Waals surface area contributed by atoms with Crippen molar-refractivity contribution in [2.75, 3.05) is 17.3 Å². The Labute approximate surface area is 164 Å². The number of aromatic nitrogens is 4. The van der Waals surface area contributed by atoms with E-state index < -0.39 is 12.0 Å². The molecule has 2 aromatic heterocycles. The number of likely N-dealkylation sites (N-methyl/N-ethyl adjacent to an activating group) is 1. The van der Waals surface area contributed by atoms with Gasteiger partial charge in [0.25, 0.3) is 0 Å². The number of nitrogens with zero attached hydrogens (tertiary/aromatic N) is 5. The number of hydrogen-bond donors (Lipinski definition) is 1. The number of imidazole rings is 1. The summed E-state index contributed by atoms with van der Waals surface area (Å²) in [5.74, 6) is -0.504. The van der Waals surface area contributed by atoms with E-state index >= 15 is 0 Å². The second kappa shape index (κ2) is 6.10. The summed E-state index contributed by atoms with van der Waals surface area (Å²) in [5, 5.41) is 3.03. The molecule has 10 heteroatoms. The third kappa shape index (κ3) is 3.04. The van der Waals surface area contributed by atoms with E-state index in [1.54, 1.807) is 12.4 Å². The first kappa shape index (κ1) is 17.8. The molecule has 1 saturated carbocycles. The molecule has 1 N–H and O–H groups in total. The van der Waals surface area contributed by atoms with Crippen molar-refractivity contribution in [3.8, 4) is 5.75 Å². The molecule has 150 valence electrons. The van der Waals surface area contributed by atoms with Crippen LogP contribution in [0.15, 0.2) is 24.5 Å². The van der Waals surface area contributed by atoms with Crippen LogP contribution in [0.3, 0.4) is 0 Å². The molecule has 3 aromatic rings. The summed E-state index contributed by atoms with van der Waals surface area (Å²) in [6.45, 7) is 2.72. The summed E-state index contributed by atoms with van der Waals surface area (Å²) in [5.41, 5.74) is 2.93. The second-order valence-corrected chi connectivity index (χ2v) is 7.44. The average molecular weight is 400 g/mol. The number of hydrogen-bond acceptors (Lipinski definition) is 6. The van der Waals surface area contributed by atoms with Crippen LogP contribution >= 0.6 is 0 Å². The van der Waals surface area contributed by atoms with Crippen molar-refractivity contribution in [1.82, 2.24) is 19.5 Å². The standard InChI is InChI=1S/C19H18F2N6O2/c1-10-15-16(27(9-22-15)8-11-3-4-11)25-18(23-10)24-12-5-6-13-14(7-12)29-19(20,21)17(28)26(13)2/h5-7,9,11H,3-4,8H2,1-2H3,(H,23,24,25). The zero-order chi connectivity index (χ0) is 20.3. The number of amides is 1. The van der Waals surface area contributed by atoms with Crippen molar-refractivity contribution in [3.05, 3.63) is 30.2 Å². The second-order valence-electron chi connectivity index (χ2n) is 7.44. The molecule has 29 heavy (non-hydrogen) atoms. The Hall–Kier alpha value is -3.30. The quantitative estimate of drug-likeness (QED) is 0.724. The lowest BCUT2D eigenvalue weighted by Gasteiger charge is -2.31. The molecule has 0 spiro atoms. The van der Waals surface area contributed by atoms with Gasteiger partial charge in [0, 0.05) is 25.3 Å². The minimum atomic E-state index is -3.90. The van der Waals surface area contributed by atoms with Crippen molar-refractivity contribution in [1.29, 1.82) is 0 Å². The third-order valence-corrected chi connectivity index (χ3v) is 5.16. The lowest BCUT2D eigenvalue weighted by atomic mass is 10.2. The van der Waals surface area contributed by atoms with Gasteiger partial charge in [-0.15, -0.1) is 0 Å². The first-order valence-corrected chi connectivity index (χ1v) is 9.27. The monoisotopic (exact) mass is 400 g/mol. The average Bonchev–Trinajstić information content (AvgIpc) is 3.39. The van der Waals surface area contributed by atoms with Crippen LogP contribution in [-0.2, 0) is 11.3 Å². The Morgan fingerprint density at radius 2 is 2.10 bits per heavy atom. The first-order chi connectivity index (χ1) is 13.8. The van der Waals surface area contributed by atoms with Gasteiger partial charge in [-0.3, -0.25) is 4.79 Å². The molecule has 8 nitrogen and oxygen atoms in total. The summed E-state index contributed by atoms with van der Waals surface area (Å²) in [6.07, 6.45) is 0.300. The van der Waals surface area contributed by atoms with Crippen molar-refractivity contribution in [2.45, 2.75) is 32.4 Å². The Balaban J connectivity index is 1.47. The fourth-order valence-electron chi connectivity index (χ4n) is 3.42. The molecule has 1 fully saturated rings. The lowest BCUT2D eigenvalue weighted by Crippen LogP contribution is -2.48. The molecular weight excluding hydrogens is 382 g/mol. The van der Waals surface area contributed by atoms with Gasteiger partial charge in [0.1, 0.15) is 5.52 Å². The highest BCUT2D eigenvalue weighted by Gasteiger charge is 2.49. The zero-order valence-corrected chi connectivity index (χ0v) is 15.8. The lowest BCUT2D eigenvalue weighted by molar-refractivity contribution is -0.192. The highest BCUT2D eigenvalue weighted by molar-refractivity contribution is 6.00. The molecule has 1 aliphatic carbocycles. The summed E-state index contributed by atoms with van der Waals surface area (Å²) >= 11 is 0. The Kier molecular flexibility index (Phi) is 3.74. The number of carbonyl (C=O) groups is 1. The van der Waals surface area contributed by atoms with E-state index in [4.69, 9.17) is 0 Å². The normalized spacial score (nSPS) is 17.9. The van der Waals surface area contributed by atoms with Crippen LogP contribution in [0.5, 0.6) is 5.75 Å². The molecular formula is C19H18F2N6O2. The van der Waals surface area contributed by atoms with E-state index in [0.717, 1.165) is 28.3 Å². The number of aryl methyl sites for hydroxylation is 1. The maximum Gasteiger partial charge on any atom is 0.482 e. The molecule has 0 unspecified atom stereocenters. The molecule has 2 aliphatic rings. The van der Waals surface area contributed by atoms with E-state index in [-0.39, 0.29) is 11.4 Å². The fraction of sp³-hybridized carbons (Fsp3) is 0.368. The van der Waals surface area contributed by atoms with Gasteiger partial charge in [-0.25, -0.2) is 9.97 Å². The van der Waals surface area contributed by atoms with Gasteiger partial charge in [-0.05, 0) is 37.8 Å². The van der Waals surface area contributed by atoms with Crippen LogP contribution < -0.4 is 15.0 Å². The number of rotatable bonds is 4. The largest absolute Gasteiger partial charge is 0.482 e. The van der Waals surface area contributed by atoms with Crippen LogP contribution in [0.2, 0.25) is 0 Å². The van der Waals surface area contributed by atoms with Crippen molar-refractivity contribution in [3.63, 3.8) is 0 Å². The third-order valence-electron chi connectivity index (χ3n) is 5.16. The van der Waals surface area contributed by atoms with Crippen LogP contribution in [0, 0.1) is 12.8 Å². The van der Waals surface area contributed by atoms with Gasteiger partial charge < -0.3 is 19.5 Å². The van der Waals surface area contributed by atoms with Crippen molar-refractivity contribution in [2.24, 2.45) is 5.92 Å². The van der Waals surface area contributed by atoms with Gasteiger partial charge in [-0.2, -0.15) is 13.8 Å². The fourth-order valence-corrected chi connectivity index (χ4v) is 3.42.